The summed E-state index contributed by atoms with van der Waals surface area (Å²) < 4.78 is 5.79. The first-order chi connectivity index (χ1) is 11.6. The Morgan fingerprint density at radius 1 is 1.42 bits per heavy atom. The van der Waals surface area contributed by atoms with Crippen molar-refractivity contribution in [3.63, 3.8) is 0 Å². The third-order valence-corrected chi connectivity index (χ3v) is 4.52. The molecule has 3 rings (SSSR count). The Balaban J connectivity index is 2.09. The van der Waals surface area contributed by atoms with Crippen LogP contribution in [-0.4, -0.2) is 41.0 Å². The van der Waals surface area contributed by atoms with Crippen molar-refractivity contribution < 1.29 is 9.84 Å². The van der Waals surface area contributed by atoms with E-state index >= 15 is 0 Å². The molecule has 0 aliphatic carbocycles. The molecule has 0 spiro atoms. The molecular weight excluding hydrogens is 324 g/mol. The van der Waals surface area contributed by atoms with Gasteiger partial charge in [0.1, 0.15) is 18.2 Å². The number of nitrogens with two attached hydrogens (primary N) is 1. The second kappa shape index (κ2) is 7.11. The minimum absolute atomic E-state index is 0.0505. The van der Waals surface area contributed by atoms with Crippen LogP contribution >= 0.6 is 11.3 Å². The maximum Gasteiger partial charge on any atom is 0.186 e. The highest BCUT2D eigenvalue weighted by Crippen LogP contribution is 2.37. The molecule has 0 saturated carbocycles. The molecule has 3 N–H and O–H groups in total. The number of benzene rings is 1. The van der Waals surface area contributed by atoms with Gasteiger partial charge in [0.15, 0.2) is 10.8 Å². The van der Waals surface area contributed by atoms with E-state index in [9.17, 15) is 0 Å². The van der Waals surface area contributed by atoms with Crippen LogP contribution < -0.4 is 10.5 Å². The predicted molar refractivity (Wildman–Crippen MR) is 97.1 cm³/mol. The quantitative estimate of drug-likeness (QED) is 0.660. The lowest BCUT2D eigenvalue weighted by atomic mass is 10.1. The fourth-order valence-electron chi connectivity index (χ4n) is 2.42. The van der Waals surface area contributed by atoms with Crippen LogP contribution in [0.1, 0.15) is 23.7 Å². The van der Waals surface area contributed by atoms with Crippen molar-refractivity contribution in [3.8, 4) is 17.0 Å². The number of fused-ring (bicyclic) bond motifs is 3. The van der Waals surface area contributed by atoms with Crippen LogP contribution in [0.2, 0.25) is 0 Å². The van der Waals surface area contributed by atoms with Gasteiger partial charge in [0.25, 0.3) is 0 Å². The van der Waals surface area contributed by atoms with E-state index in [0.717, 1.165) is 28.3 Å². The SMILES string of the molecule is CC(C)N=C(N=C(N)CO)c1nc2c(s1)CCOc1ccccc1-2. The molecule has 0 unspecified atom stereocenters. The van der Waals surface area contributed by atoms with Crippen molar-refractivity contribution in [3.05, 3.63) is 34.2 Å². The predicted octanol–water partition coefficient (Wildman–Crippen LogP) is 2.25. The van der Waals surface area contributed by atoms with Crippen molar-refractivity contribution in [2.24, 2.45) is 15.7 Å². The first-order valence-corrected chi connectivity index (χ1v) is 8.64. The molecule has 1 aliphatic heterocycles. The number of hydrogen-bond acceptors (Lipinski definition) is 5. The molecule has 0 saturated heterocycles. The number of nitrogens with zero attached hydrogens (tertiary/aromatic N) is 3. The van der Waals surface area contributed by atoms with Gasteiger partial charge >= 0.3 is 0 Å². The summed E-state index contributed by atoms with van der Waals surface area (Å²) in [4.78, 5) is 14.7. The van der Waals surface area contributed by atoms with E-state index in [4.69, 9.17) is 20.6 Å². The number of aliphatic hydroxyl groups is 1. The van der Waals surface area contributed by atoms with Crippen LogP contribution in [0.5, 0.6) is 5.75 Å². The summed E-state index contributed by atoms with van der Waals surface area (Å²) >= 11 is 1.55. The summed E-state index contributed by atoms with van der Waals surface area (Å²) in [7, 11) is 0. The number of amidine groups is 2. The molecule has 1 aromatic heterocycles. The van der Waals surface area contributed by atoms with E-state index in [1.54, 1.807) is 11.3 Å². The largest absolute Gasteiger partial charge is 0.493 e. The molecule has 0 bridgehead atoms. The second-order valence-corrected chi connectivity index (χ2v) is 6.78. The summed E-state index contributed by atoms with van der Waals surface area (Å²) in [5.74, 6) is 1.44. The number of aliphatic imine (C=N–C) groups is 2. The number of ether oxygens (including phenoxy) is 1. The van der Waals surface area contributed by atoms with Gasteiger partial charge in [0, 0.05) is 22.9 Å². The average molecular weight is 344 g/mol. The van der Waals surface area contributed by atoms with Gasteiger partial charge in [-0.3, -0.25) is 4.99 Å². The van der Waals surface area contributed by atoms with Crippen LogP contribution in [0.15, 0.2) is 34.3 Å². The van der Waals surface area contributed by atoms with Crippen LogP contribution in [0.4, 0.5) is 0 Å². The maximum atomic E-state index is 9.15. The van der Waals surface area contributed by atoms with Gasteiger partial charge in [-0.05, 0) is 26.0 Å². The molecule has 2 aromatic rings. The van der Waals surface area contributed by atoms with Gasteiger partial charge in [-0.25, -0.2) is 9.98 Å². The van der Waals surface area contributed by atoms with Crippen molar-refractivity contribution in [2.45, 2.75) is 26.3 Å². The molecule has 0 atom stereocenters. The number of hydrogen-bond donors (Lipinski definition) is 2. The van der Waals surface area contributed by atoms with E-state index in [1.165, 1.54) is 0 Å². The van der Waals surface area contributed by atoms with E-state index in [2.05, 4.69) is 9.98 Å². The molecule has 0 fully saturated rings. The normalized spacial score (nSPS) is 14.8. The lowest BCUT2D eigenvalue weighted by Gasteiger charge is -2.06. The third-order valence-electron chi connectivity index (χ3n) is 3.41. The van der Waals surface area contributed by atoms with E-state index in [-0.39, 0.29) is 18.5 Å². The van der Waals surface area contributed by atoms with Gasteiger partial charge < -0.3 is 15.6 Å². The highest BCUT2D eigenvalue weighted by molar-refractivity contribution is 7.14. The van der Waals surface area contributed by atoms with Crippen molar-refractivity contribution in [1.82, 2.24) is 4.98 Å². The summed E-state index contributed by atoms with van der Waals surface area (Å²) in [6.07, 6.45) is 0.788. The van der Waals surface area contributed by atoms with Crippen LogP contribution in [-0.2, 0) is 6.42 Å². The smallest absolute Gasteiger partial charge is 0.186 e. The van der Waals surface area contributed by atoms with Gasteiger partial charge in [-0.15, -0.1) is 11.3 Å². The van der Waals surface area contributed by atoms with Crippen LogP contribution in [0.25, 0.3) is 11.3 Å². The molecule has 6 nitrogen and oxygen atoms in total. The summed E-state index contributed by atoms with van der Waals surface area (Å²) in [6, 6.07) is 7.94. The topological polar surface area (TPSA) is 93.1 Å². The lowest BCUT2D eigenvalue weighted by molar-refractivity contribution is 0.327. The summed E-state index contributed by atoms with van der Waals surface area (Å²) in [5, 5.41) is 9.86. The molecule has 1 aromatic carbocycles. The Morgan fingerprint density at radius 2 is 2.21 bits per heavy atom. The van der Waals surface area contributed by atoms with Crippen LogP contribution in [0.3, 0.4) is 0 Å². The average Bonchev–Trinajstić information content (AvgIpc) is 2.90. The van der Waals surface area contributed by atoms with E-state index in [1.807, 2.05) is 38.1 Å². The fraction of sp³-hybridized carbons (Fsp3) is 0.353. The molecule has 1 aliphatic rings. The number of rotatable bonds is 3. The zero-order valence-electron chi connectivity index (χ0n) is 13.7. The molecule has 126 valence electrons. The van der Waals surface area contributed by atoms with Crippen molar-refractivity contribution in [2.75, 3.05) is 13.2 Å². The summed E-state index contributed by atoms with van der Waals surface area (Å²) in [5.41, 5.74) is 7.58. The van der Waals surface area contributed by atoms with Gasteiger partial charge in [0.05, 0.1) is 12.3 Å². The Morgan fingerprint density at radius 3 is 2.96 bits per heavy atom. The number of aliphatic hydroxyl groups excluding tert-OH is 1. The number of aromatic nitrogens is 1. The standard InChI is InChI=1S/C17H20N4O2S/c1-10(2)19-16(20-14(18)9-22)17-21-15-11-5-3-4-6-12(11)23-8-7-13(15)24-17/h3-6,10,22H,7-9H2,1-2H3,(H2,18,19,20). The third kappa shape index (κ3) is 3.47. The van der Waals surface area contributed by atoms with Crippen LogP contribution in [0, 0.1) is 0 Å². The number of para-hydroxylation sites is 1. The second-order valence-electron chi connectivity index (χ2n) is 5.69. The minimum Gasteiger partial charge on any atom is -0.493 e. The first kappa shape index (κ1) is 16.6. The molecule has 0 radical (unpaired) electrons. The number of thiazole rings is 1. The minimum atomic E-state index is -0.307. The first-order valence-electron chi connectivity index (χ1n) is 7.82. The Hall–Kier alpha value is -2.25. The highest BCUT2D eigenvalue weighted by atomic mass is 32.1. The molecular formula is C17H20N4O2S. The Kier molecular flexibility index (Phi) is 4.92. The van der Waals surface area contributed by atoms with Gasteiger partial charge in [-0.1, -0.05) is 12.1 Å². The lowest BCUT2D eigenvalue weighted by Crippen LogP contribution is -2.19. The van der Waals surface area contributed by atoms with Crippen molar-refractivity contribution >= 4 is 23.0 Å². The maximum absolute atomic E-state index is 9.15. The van der Waals surface area contributed by atoms with Gasteiger partial charge in [0.2, 0.25) is 0 Å². The molecule has 7 heteroatoms. The Bertz CT molecular complexity index is 796. The van der Waals surface area contributed by atoms with Crippen molar-refractivity contribution in [1.29, 1.82) is 0 Å². The monoisotopic (exact) mass is 344 g/mol. The van der Waals surface area contributed by atoms with Gasteiger partial charge in [-0.2, -0.15) is 0 Å². The highest BCUT2D eigenvalue weighted by Gasteiger charge is 2.22. The summed E-state index contributed by atoms with van der Waals surface area (Å²) in [6.45, 7) is 4.24. The zero-order chi connectivity index (χ0) is 17.1. The molecule has 2 heterocycles. The molecule has 0 amide bonds. The fourth-order valence-corrected chi connectivity index (χ4v) is 3.41. The Labute approximate surface area is 144 Å². The zero-order valence-corrected chi connectivity index (χ0v) is 14.5. The molecule has 24 heavy (non-hydrogen) atoms. The van der Waals surface area contributed by atoms with E-state index < -0.39 is 0 Å². The van der Waals surface area contributed by atoms with E-state index in [0.29, 0.717) is 17.5 Å².